The molecule has 2 nitrogen and oxygen atoms in total. The fourth-order valence-corrected chi connectivity index (χ4v) is 1.14. The minimum atomic E-state index is -1.57. The number of aliphatic carboxylic acids is 1. The van der Waals surface area contributed by atoms with Crippen molar-refractivity contribution in [2.45, 2.75) is 25.2 Å². The van der Waals surface area contributed by atoms with Crippen LogP contribution >= 0.6 is 0 Å². The number of carbonyl (C=O) groups is 1. The summed E-state index contributed by atoms with van der Waals surface area (Å²) in [5.41, 5.74) is 0. The highest BCUT2D eigenvalue weighted by molar-refractivity contribution is 5.70. The van der Waals surface area contributed by atoms with Crippen LogP contribution < -0.4 is 0 Å². The summed E-state index contributed by atoms with van der Waals surface area (Å²) in [6.07, 6.45) is -3.48. The van der Waals surface area contributed by atoms with Crippen LogP contribution in [0.2, 0.25) is 0 Å². The van der Waals surface area contributed by atoms with E-state index in [1.54, 1.807) is 0 Å². The van der Waals surface area contributed by atoms with Gasteiger partial charge in [0.2, 0.25) is 0 Å². The Balaban J connectivity index is 2.49. The highest BCUT2D eigenvalue weighted by Gasteiger charge is 2.38. The molecule has 4 heteroatoms. The molecule has 1 saturated carbocycles. The van der Waals surface area contributed by atoms with Gasteiger partial charge in [-0.05, 0) is 12.8 Å². The van der Waals surface area contributed by atoms with Crippen molar-refractivity contribution in [1.29, 1.82) is 0 Å². The van der Waals surface area contributed by atoms with Gasteiger partial charge in [-0.15, -0.1) is 0 Å². The van der Waals surface area contributed by atoms with Gasteiger partial charge >= 0.3 is 5.97 Å². The van der Waals surface area contributed by atoms with Crippen molar-refractivity contribution in [2.75, 3.05) is 0 Å². The van der Waals surface area contributed by atoms with Gasteiger partial charge in [-0.25, -0.2) is 8.78 Å². The lowest BCUT2D eigenvalue weighted by Gasteiger charge is -1.97. The van der Waals surface area contributed by atoms with Crippen molar-refractivity contribution in [2.24, 2.45) is 5.92 Å². The van der Waals surface area contributed by atoms with E-state index in [1.807, 2.05) is 0 Å². The van der Waals surface area contributed by atoms with Gasteiger partial charge in [0, 0.05) is 0 Å². The van der Waals surface area contributed by atoms with Gasteiger partial charge < -0.3 is 5.11 Å². The molecule has 1 rings (SSSR count). The standard InChI is InChI=1S/C6H8F2O2/c7-4-1-3(6(9)10)2-5(4)8/h3-5H,1-2H2,(H,9,10)/t3?,4-,5+. The largest absolute Gasteiger partial charge is 0.481 e. The van der Waals surface area contributed by atoms with Crippen LogP contribution in [0.1, 0.15) is 12.8 Å². The van der Waals surface area contributed by atoms with Gasteiger partial charge in [-0.1, -0.05) is 0 Å². The zero-order valence-electron chi connectivity index (χ0n) is 5.26. The summed E-state index contributed by atoms with van der Waals surface area (Å²) in [5, 5.41) is 8.32. The highest BCUT2D eigenvalue weighted by Crippen LogP contribution is 2.30. The van der Waals surface area contributed by atoms with Crippen molar-refractivity contribution >= 4 is 5.97 Å². The molecule has 0 bridgehead atoms. The first kappa shape index (κ1) is 7.44. The van der Waals surface area contributed by atoms with Crippen LogP contribution in [0.5, 0.6) is 0 Å². The minimum absolute atomic E-state index is 0.170. The summed E-state index contributed by atoms with van der Waals surface area (Å²) in [6, 6.07) is 0. The number of rotatable bonds is 1. The lowest BCUT2D eigenvalue weighted by molar-refractivity contribution is -0.141. The van der Waals surface area contributed by atoms with Gasteiger partial charge in [0.1, 0.15) is 12.3 Å². The molecule has 1 unspecified atom stereocenters. The normalized spacial score (nSPS) is 40.0. The molecule has 0 saturated heterocycles. The SMILES string of the molecule is O=C(O)C1C[C@@H](F)[C@@H](F)C1. The second kappa shape index (κ2) is 2.52. The Morgan fingerprint density at radius 3 is 1.90 bits per heavy atom. The quantitative estimate of drug-likeness (QED) is 0.608. The Kier molecular flexibility index (Phi) is 1.87. The van der Waals surface area contributed by atoms with Crippen LogP contribution in [-0.2, 0) is 4.79 Å². The first-order valence-corrected chi connectivity index (χ1v) is 3.12. The first-order chi connectivity index (χ1) is 4.61. The van der Waals surface area contributed by atoms with E-state index < -0.39 is 24.2 Å². The van der Waals surface area contributed by atoms with Crippen LogP contribution in [0.25, 0.3) is 0 Å². The average Bonchev–Trinajstić information content (AvgIpc) is 2.13. The molecule has 1 N–H and O–H groups in total. The molecule has 0 aromatic rings. The molecule has 0 heterocycles. The summed E-state index contributed by atoms with van der Waals surface area (Å²) in [7, 11) is 0. The van der Waals surface area contributed by atoms with E-state index in [2.05, 4.69) is 0 Å². The number of carboxylic acids is 1. The summed E-state index contributed by atoms with van der Waals surface area (Å²) in [5.74, 6) is -1.91. The third kappa shape index (κ3) is 1.25. The van der Waals surface area contributed by atoms with Gasteiger partial charge in [0.05, 0.1) is 5.92 Å². The minimum Gasteiger partial charge on any atom is -0.481 e. The molecule has 0 aromatic carbocycles. The maximum absolute atomic E-state index is 12.3. The molecule has 58 valence electrons. The molecule has 0 spiro atoms. The second-order valence-corrected chi connectivity index (χ2v) is 2.54. The Hall–Kier alpha value is -0.670. The molecule has 1 aliphatic carbocycles. The fourth-order valence-electron chi connectivity index (χ4n) is 1.14. The topological polar surface area (TPSA) is 37.3 Å². The number of hydrogen-bond donors (Lipinski definition) is 1. The molecule has 10 heavy (non-hydrogen) atoms. The first-order valence-electron chi connectivity index (χ1n) is 3.12. The predicted octanol–water partition coefficient (Wildman–Crippen LogP) is 1.16. The molecule has 0 aromatic heterocycles. The monoisotopic (exact) mass is 150 g/mol. The van der Waals surface area contributed by atoms with E-state index in [0.29, 0.717) is 0 Å². The molecular formula is C6H8F2O2. The lowest BCUT2D eigenvalue weighted by atomic mass is 10.1. The third-order valence-electron chi connectivity index (χ3n) is 1.76. The number of carboxylic acid groups (broad SMARTS) is 1. The van der Waals surface area contributed by atoms with Gasteiger partial charge in [-0.2, -0.15) is 0 Å². The molecule has 1 fully saturated rings. The summed E-state index contributed by atoms with van der Waals surface area (Å²) >= 11 is 0. The van der Waals surface area contributed by atoms with Crippen molar-refractivity contribution in [3.63, 3.8) is 0 Å². The summed E-state index contributed by atoms with van der Waals surface area (Å²) < 4.78 is 24.6. The Labute approximate surface area is 56.8 Å². The summed E-state index contributed by atoms with van der Waals surface area (Å²) in [6.45, 7) is 0. The van der Waals surface area contributed by atoms with Crippen LogP contribution in [0.3, 0.4) is 0 Å². The van der Waals surface area contributed by atoms with E-state index in [-0.39, 0.29) is 12.8 Å². The van der Waals surface area contributed by atoms with E-state index in [1.165, 1.54) is 0 Å². The van der Waals surface area contributed by atoms with Gasteiger partial charge in [0.25, 0.3) is 0 Å². The molecule has 0 radical (unpaired) electrons. The van der Waals surface area contributed by atoms with E-state index >= 15 is 0 Å². The van der Waals surface area contributed by atoms with Crippen LogP contribution in [0.4, 0.5) is 8.78 Å². The maximum atomic E-state index is 12.3. The second-order valence-electron chi connectivity index (χ2n) is 2.54. The highest BCUT2D eigenvalue weighted by atomic mass is 19.2. The maximum Gasteiger partial charge on any atom is 0.306 e. The zero-order valence-corrected chi connectivity index (χ0v) is 5.26. The van der Waals surface area contributed by atoms with Crippen molar-refractivity contribution in [1.82, 2.24) is 0 Å². The van der Waals surface area contributed by atoms with Crippen molar-refractivity contribution in [3.8, 4) is 0 Å². The molecule has 0 amide bonds. The lowest BCUT2D eigenvalue weighted by Crippen LogP contribution is -2.09. The third-order valence-corrected chi connectivity index (χ3v) is 1.76. The smallest absolute Gasteiger partial charge is 0.306 e. The molecular weight excluding hydrogens is 142 g/mol. The Morgan fingerprint density at radius 2 is 1.70 bits per heavy atom. The molecule has 0 aliphatic heterocycles. The van der Waals surface area contributed by atoms with Crippen LogP contribution in [-0.4, -0.2) is 23.4 Å². The summed E-state index contributed by atoms with van der Waals surface area (Å²) in [4.78, 5) is 10.2. The fraction of sp³-hybridized carbons (Fsp3) is 0.833. The van der Waals surface area contributed by atoms with E-state index in [0.717, 1.165) is 0 Å². The Bertz CT molecular complexity index is 139. The zero-order chi connectivity index (χ0) is 7.72. The molecule has 3 atom stereocenters. The number of hydrogen-bond acceptors (Lipinski definition) is 1. The van der Waals surface area contributed by atoms with E-state index in [9.17, 15) is 13.6 Å². The van der Waals surface area contributed by atoms with Crippen LogP contribution in [0, 0.1) is 5.92 Å². The Morgan fingerprint density at radius 1 is 1.30 bits per heavy atom. The number of alkyl halides is 2. The van der Waals surface area contributed by atoms with Gasteiger partial charge in [0.15, 0.2) is 0 Å². The van der Waals surface area contributed by atoms with Crippen LogP contribution in [0.15, 0.2) is 0 Å². The average molecular weight is 150 g/mol. The van der Waals surface area contributed by atoms with Crippen molar-refractivity contribution < 1.29 is 18.7 Å². The van der Waals surface area contributed by atoms with Gasteiger partial charge in [-0.3, -0.25) is 4.79 Å². The molecule has 1 aliphatic rings. The number of halogens is 2. The predicted molar refractivity (Wildman–Crippen MR) is 30.2 cm³/mol. The van der Waals surface area contributed by atoms with Crippen molar-refractivity contribution in [3.05, 3.63) is 0 Å². The van der Waals surface area contributed by atoms with E-state index in [4.69, 9.17) is 5.11 Å².